The van der Waals surface area contributed by atoms with Gasteiger partial charge in [-0.15, -0.1) is 12.4 Å². The van der Waals surface area contributed by atoms with Crippen molar-refractivity contribution < 1.29 is 19.2 Å². The van der Waals surface area contributed by atoms with Gasteiger partial charge >= 0.3 is 0 Å². The topological polar surface area (TPSA) is 108 Å². The Balaban J connectivity index is 0.00000208. The predicted octanol–water partition coefficient (Wildman–Crippen LogP) is 1.60. The summed E-state index contributed by atoms with van der Waals surface area (Å²) in [5.74, 6) is 0.531. The van der Waals surface area contributed by atoms with E-state index in [-0.39, 0.29) is 41.5 Å². The molecule has 0 aromatic heterocycles. The lowest BCUT2D eigenvalue weighted by Crippen LogP contribution is -2.35. The number of ether oxygens (including phenoxy) is 2. The number of fused-ring (bicyclic) bond motifs is 1. The number of nitro benzene ring substituents is 1. The summed E-state index contributed by atoms with van der Waals surface area (Å²) >= 11 is 0. The Bertz CT molecular complexity index is 654. The first kappa shape index (κ1) is 18.3. The smallest absolute Gasteiger partial charge is 0.286 e. The molecule has 1 aromatic carbocycles. The largest absolute Gasteiger partial charge is 0.486 e. The highest BCUT2D eigenvalue weighted by Crippen LogP contribution is 2.38. The number of hydrogen-bond donors (Lipinski definition) is 1. The Morgan fingerprint density at radius 3 is 2.54 bits per heavy atom. The summed E-state index contributed by atoms with van der Waals surface area (Å²) in [6.07, 6.45) is 0.806. The molecule has 2 unspecified atom stereocenters. The van der Waals surface area contributed by atoms with Crippen molar-refractivity contribution in [2.24, 2.45) is 11.7 Å². The van der Waals surface area contributed by atoms with E-state index in [1.807, 2.05) is 6.92 Å². The number of amides is 1. The summed E-state index contributed by atoms with van der Waals surface area (Å²) in [5.41, 5.74) is 5.45. The molecule has 132 valence electrons. The van der Waals surface area contributed by atoms with Gasteiger partial charge in [-0.2, -0.15) is 0 Å². The van der Waals surface area contributed by atoms with Crippen LogP contribution in [0.2, 0.25) is 0 Å². The number of nitrogens with zero attached hydrogens (tertiary/aromatic N) is 2. The molecule has 2 aliphatic rings. The highest BCUT2D eigenvalue weighted by Gasteiger charge is 2.36. The summed E-state index contributed by atoms with van der Waals surface area (Å²) < 4.78 is 10.8. The van der Waals surface area contributed by atoms with Crippen LogP contribution in [0.3, 0.4) is 0 Å². The normalized spacial score (nSPS) is 22.0. The molecule has 24 heavy (non-hydrogen) atoms. The molecule has 0 aliphatic carbocycles. The van der Waals surface area contributed by atoms with Crippen molar-refractivity contribution in [1.82, 2.24) is 4.90 Å². The van der Waals surface area contributed by atoms with Gasteiger partial charge in [0.2, 0.25) is 0 Å². The second-order valence-electron chi connectivity index (χ2n) is 5.91. The standard InChI is InChI=1S/C15H19N3O5.ClH/c1-9-4-10(7-16)8-17(9)15(19)11-5-13-14(23-3-2-22-13)6-12(11)18(20)21;/h5-6,9-10H,2-4,7-8,16H2,1H3;1H. The van der Waals surface area contributed by atoms with Crippen molar-refractivity contribution >= 4 is 24.0 Å². The van der Waals surface area contributed by atoms with Crippen LogP contribution < -0.4 is 15.2 Å². The highest BCUT2D eigenvalue weighted by atomic mass is 35.5. The number of carbonyl (C=O) groups excluding carboxylic acids is 1. The molecule has 1 aromatic rings. The first-order chi connectivity index (χ1) is 11.0. The molecule has 0 radical (unpaired) electrons. The number of carbonyl (C=O) groups is 1. The van der Waals surface area contributed by atoms with E-state index in [9.17, 15) is 14.9 Å². The fraction of sp³-hybridized carbons (Fsp3) is 0.533. The van der Waals surface area contributed by atoms with Gasteiger partial charge in [0.1, 0.15) is 18.8 Å². The Kier molecular flexibility index (Phi) is 5.51. The van der Waals surface area contributed by atoms with Crippen LogP contribution >= 0.6 is 12.4 Å². The van der Waals surface area contributed by atoms with E-state index >= 15 is 0 Å². The maximum Gasteiger partial charge on any atom is 0.286 e. The molecule has 1 fully saturated rings. The van der Waals surface area contributed by atoms with Crippen LogP contribution in [0.1, 0.15) is 23.7 Å². The fourth-order valence-electron chi connectivity index (χ4n) is 3.15. The third-order valence-corrected chi connectivity index (χ3v) is 4.34. The Hall–Kier alpha value is -2.06. The molecule has 0 spiro atoms. The zero-order valence-corrected chi connectivity index (χ0v) is 14.1. The van der Waals surface area contributed by atoms with Gasteiger partial charge in [0.05, 0.1) is 11.0 Å². The number of nitrogens with two attached hydrogens (primary N) is 1. The van der Waals surface area contributed by atoms with Crippen LogP contribution in [0.5, 0.6) is 11.5 Å². The average molecular weight is 358 g/mol. The third-order valence-electron chi connectivity index (χ3n) is 4.34. The molecule has 2 aliphatic heterocycles. The van der Waals surface area contributed by atoms with Gasteiger partial charge in [0.15, 0.2) is 11.5 Å². The molecule has 1 amide bonds. The van der Waals surface area contributed by atoms with Crippen LogP contribution in [0.25, 0.3) is 0 Å². The quantitative estimate of drug-likeness (QED) is 0.650. The van der Waals surface area contributed by atoms with Crippen LogP contribution in [0, 0.1) is 16.0 Å². The van der Waals surface area contributed by atoms with Crippen LogP contribution in [-0.4, -0.2) is 48.1 Å². The molecular weight excluding hydrogens is 338 g/mol. The van der Waals surface area contributed by atoms with Gasteiger partial charge in [-0.05, 0) is 25.8 Å². The van der Waals surface area contributed by atoms with Crippen molar-refractivity contribution in [1.29, 1.82) is 0 Å². The van der Waals surface area contributed by atoms with Crippen molar-refractivity contribution in [3.63, 3.8) is 0 Å². The Morgan fingerprint density at radius 2 is 2.00 bits per heavy atom. The minimum absolute atomic E-state index is 0. The monoisotopic (exact) mass is 357 g/mol. The van der Waals surface area contributed by atoms with Gasteiger partial charge in [-0.25, -0.2) is 0 Å². The number of halogens is 1. The summed E-state index contributed by atoms with van der Waals surface area (Å²) in [4.78, 5) is 25.2. The maximum atomic E-state index is 12.8. The number of benzene rings is 1. The number of hydrogen-bond acceptors (Lipinski definition) is 6. The number of nitro groups is 1. The van der Waals surface area contributed by atoms with Crippen molar-refractivity contribution in [2.45, 2.75) is 19.4 Å². The first-order valence-electron chi connectivity index (χ1n) is 7.60. The molecule has 8 nitrogen and oxygen atoms in total. The molecular formula is C15H20ClN3O5. The average Bonchev–Trinajstić information content (AvgIpc) is 2.94. The van der Waals surface area contributed by atoms with E-state index in [1.54, 1.807) is 4.90 Å². The van der Waals surface area contributed by atoms with Crippen LogP contribution in [0.15, 0.2) is 12.1 Å². The number of rotatable bonds is 3. The molecule has 9 heteroatoms. The first-order valence-corrected chi connectivity index (χ1v) is 7.60. The van der Waals surface area contributed by atoms with Crippen molar-refractivity contribution in [3.8, 4) is 11.5 Å². The van der Waals surface area contributed by atoms with E-state index in [4.69, 9.17) is 15.2 Å². The summed E-state index contributed by atoms with van der Waals surface area (Å²) in [6, 6.07) is 2.68. The van der Waals surface area contributed by atoms with Gasteiger partial charge in [-0.1, -0.05) is 0 Å². The van der Waals surface area contributed by atoms with Gasteiger partial charge in [0.25, 0.3) is 11.6 Å². The molecule has 2 heterocycles. The molecule has 0 saturated carbocycles. The lowest BCUT2D eigenvalue weighted by Gasteiger charge is -2.23. The van der Waals surface area contributed by atoms with E-state index in [0.29, 0.717) is 37.8 Å². The second-order valence-corrected chi connectivity index (χ2v) is 5.91. The summed E-state index contributed by atoms with van der Waals surface area (Å²) in [7, 11) is 0. The predicted molar refractivity (Wildman–Crippen MR) is 89.0 cm³/mol. The van der Waals surface area contributed by atoms with E-state index in [1.165, 1.54) is 12.1 Å². The van der Waals surface area contributed by atoms with Gasteiger partial charge < -0.3 is 20.1 Å². The molecule has 3 rings (SSSR count). The zero-order valence-electron chi connectivity index (χ0n) is 13.3. The summed E-state index contributed by atoms with van der Waals surface area (Å²) in [6.45, 7) is 3.63. The lowest BCUT2D eigenvalue weighted by atomic mass is 10.1. The van der Waals surface area contributed by atoms with Gasteiger partial charge in [-0.3, -0.25) is 14.9 Å². The SMILES string of the molecule is CC1CC(CN)CN1C(=O)c1cc2c(cc1[N+](=O)[O-])OCCO2.Cl. The molecule has 2 atom stereocenters. The van der Waals surface area contributed by atoms with Crippen molar-refractivity contribution in [3.05, 3.63) is 27.8 Å². The van der Waals surface area contributed by atoms with Crippen LogP contribution in [0.4, 0.5) is 5.69 Å². The van der Waals surface area contributed by atoms with E-state index in [2.05, 4.69) is 0 Å². The van der Waals surface area contributed by atoms with Crippen LogP contribution in [-0.2, 0) is 0 Å². The molecule has 0 bridgehead atoms. The van der Waals surface area contributed by atoms with E-state index in [0.717, 1.165) is 6.42 Å². The Labute approximate surface area is 145 Å². The maximum absolute atomic E-state index is 12.8. The number of likely N-dealkylation sites (tertiary alicyclic amines) is 1. The minimum Gasteiger partial charge on any atom is -0.486 e. The minimum atomic E-state index is -0.563. The fourth-order valence-corrected chi connectivity index (χ4v) is 3.15. The van der Waals surface area contributed by atoms with Crippen molar-refractivity contribution in [2.75, 3.05) is 26.3 Å². The zero-order chi connectivity index (χ0) is 16.6. The second kappa shape index (κ2) is 7.23. The Morgan fingerprint density at radius 1 is 1.38 bits per heavy atom. The van der Waals surface area contributed by atoms with Gasteiger partial charge in [0, 0.05) is 18.7 Å². The molecule has 1 saturated heterocycles. The lowest BCUT2D eigenvalue weighted by molar-refractivity contribution is -0.385. The van der Waals surface area contributed by atoms with E-state index < -0.39 is 4.92 Å². The summed E-state index contributed by atoms with van der Waals surface area (Å²) in [5, 5.41) is 11.3. The molecule has 2 N–H and O–H groups in total. The highest BCUT2D eigenvalue weighted by molar-refractivity contribution is 5.99. The third kappa shape index (κ3) is 3.25.